The Kier molecular flexibility index (Phi) is 3.42. The number of nitrogens with zero attached hydrogens (tertiary/aromatic N) is 1. The summed E-state index contributed by atoms with van der Waals surface area (Å²) in [5, 5.41) is 19.7. The Morgan fingerprint density at radius 3 is 2.77 bits per heavy atom. The number of hydrogen-bond donors (Lipinski definition) is 3. The van der Waals surface area contributed by atoms with Gasteiger partial charge in [0.15, 0.2) is 0 Å². The molecule has 3 N–H and O–H groups in total. The first-order valence-electron chi connectivity index (χ1n) is 6.78. The van der Waals surface area contributed by atoms with Gasteiger partial charge >= 0.3 is 5.97 Å². The number of carbonyl (C=O) groups is 1. The Labute approximate surface area is 126 Å². The highest BCUT2D eigenvalue weighted by molar-refractivity contribution is 6.00. The number of imidazole rings is 1. The van der Waals surface area contributed by atoms with E-state index < -0.39 is 5.97 Å². The monoisotopic (exact) mass is 298 g/mol. The molecule has 0 saturated heterocycles. The second-order valence-electron chi connectivity index (χ2n) is 4.71. The lowest BCUT2D eigenvalue weighted by Gasteiger charge is -2.09. The van der Waals surface area contributed by atoms with Crippen LogP contribution in [0.1, 0.15) is 17.3 Å². The van der Waals surface area contributed by atoms with Crippen molar-refractivity contribution in [3.63, 3.8) is 0 Å². The number of fused-ring (bicyclic) bond motifs is 1. The summed E-state index contributed by atoms with van der Waals surface area (Å²) in [5.74, 6) is -0.819. The lowest BCUT2D eigenvalue weighted by atomic mass is 10.1. The Hall–Kier alpha value is -3.02. The van der Waals surface area contributed by atoms with Crippen LogP contribution in [0.15, 0.2) is 36.4 Å². The molecule has 3 rings (SSSR count). The first-order chi connectivity index (χ1) is 10.6. The third-order valence-electron chi connectivity index (χ3n) is 3.23. The molecule has 0 amide bonds. The molecule has 0 atom stereocenters. The number of benzene rings is 2. The van der Waals surface area contributed by atoms with Crippen LogP contribution in [0.2, 0.25) is 0 Å². The molecule has 0 saturated carbocycles. The minimum Gasteiger partial charge on any atom is -0.508 e. The largest absolute Gasteiger partial charge is 0.508 e. The molecule has 0 aliphatic carbocycles. The predicted octanol–water partition coefficient (Wildman–Crippen LogP) is 2.82. The minimum absolute atomic E-state index is 0.0290. The van der Waals surface area contributed by atoms with Crippen LogP contribution in [-0.2, 0) is 4.74 Å². The fourth-order valence-corrected chi connectivity index (χ4v) is 2.30. The third kappa shape index (κ3) is 2.35. The van der Waals surface area contributed by atoms with Crippen molar-refractivity contribution >= 4 is 17.0 Å². The molecular formula is C16H14N2O4. The Bertz CT molecular complexity index is 821. The van der Waals surface area contributed by atoms with Crippen LogP contribution in [0.4, 0.5) is 0 Å². The SMILES string of the molecule is CCOC(=O)c1c(O)cc(O)cc1-c1nc2ccccc2[nH]1. The number of aromatic hydroxyl groups is 2. The van der Waals surface area contributed by atoms with E-state index in [-0.39, 0.29) is 29.2 Å². The van der Waals surface area contributed by atoms with Gasteiger partial charge < -0.3 is 19.9 Å². The lowest BCUT2D eigenvalue weighted by Crippen LogP contribution is -2.07. The summed E-state index contributed by atoms with van der Waals surface area (Å²) >= 11 is 0. The van der Waals surface area contributed by atoms with Gasteiger partial charge in [-0.25, -0.2) is 9.78 Å². The van der Waals surface area contributed by atoms with E-state index in [4.69, 9.17) is 4.74 Å². The van der Waals surface area contributed by atoms with Crippen LogP contribution >= 0.6 is 0 Å². The van der Waals surface area contributed by atoms with Gasteiger partial charge in [0, 0.05) is 11.6 Å². The van der Waals surface area contributed by atoms with Gasteiger partial charge in [0.2, 0.25) is 0 Å². The highest BCUT2D eigenvalue weighted by Crippen LogP contribution is 2.34. The number of para-hydroxylation sites is 2. The quantitative estimate of drug-likeness (QED) is 0.646. The zero-order valence-corrected chi connectivity index (χ0v) is 11.8. The van der Waals surface area contributed by atoms with Gasteiger partial charge in [-0.3, -0.25) is 0 Å². The topological polar surface area (TPSA) is 95.4 Å². The van der Waals surface area contributed by atoms with E-state index in [9.17, 15) is 15.0 Å². The van der Waals surface area contributed by atoms with Gasteiger partial charge in [-0.15, -0.1) is 0 Å². The maximum absolute atomic E-state index is 12.1. The van der Waals surface area contributed by atoms with Crippen LogP contribution in [0, 0.1) is 0 Å². The Morgan fingerprint density at radius 1 is 1.27 bits per heavy atom. The first-order valence-corrected chi connectivity index (χ1v) is 6.78. The molecule has 112 valence electrons. The van der Waals surface area contributed by atoms with Gasteiger partial charge in [0.25, 0.3) is 0 Å². The molecule has 6 heteroatoms. The van der Waals surface area contributed by atoms with E-state index in [1.54, 1.807) is 6.92 Å². The Morgan fingerprint density at radius 2 is 2.05 bits per heavy atom. The Balaban J connectivity index is 2.22. The second-order valence-corrected chi connectivity index (χ2v) is 4.71. The molecule has 22 heavy (non-hydrogen) atoms. The number of phenolic OH excluding ortho intramolecular Hbond substituents is 2. The fourth-order valence-electron chi connectivity index (χ4n) is 2.30. The molecule has 1 aromatic heterocycles. The van der Waals surface area contributed by atoms with E-state index in [1.807, 2.05) is 24.3 Å². The minimum atomic E-state index is -0.671. The third-order valence-corrected chi connectivity index (χ3v) is 3.23. The van der Waals surface area contributed by atoms with E-state index in [1.165, 1.54) is 6.07 Å². The average molecular weight is 298 g/mol. The molecule has 0 unspecified atom stereocenters. The number of ether oxygens (including phenoxy) is 1. The molecule has 0 aliphatic rings. The van der Waals surface area contributed by atoms with Crippen molar-refractivity contribution in [1.29, 1.82) is 0 Å². The predicted molar refractivity (Wildman–Crippen MR) is 80.8 cm³/mol. The number of aromatic nitrogens is 2. The molecule has 0 bridgehead atoms. The average Bonchev–Trinajstić information content (AvgIpc) is 2.90. The van der Waals surface area contributed by atoms with Crippen LogP contribution in [-0.4, -0.2) is 32.8 Å². The molecule has 6 nitrogen and oxygen atoms in total. The number of nitrogens with one attached hydrogen (secondary N) is 1. The smallest absolute Gasteiger partial charge is 0.342 e. The molecule has 3 aromatic rings. The van der Waals surface area contributed by atoms with E-state index in [0.717, 1.165) is 17.1 Å². The molecule has 1 heterocycles. The summed E-state index contributed by atoms with van der Waals surface area (Å²) in [6.45, 7) is 1.86. The van der Waals surface area contributed by atoms with Crippen molar-refractivity contribution in [3.8, 4) is 22.9 Å². The molecular weight excluding hydrogens is 284 g/mol. The van der Waals surface area contributed by atoms with Crippen molar-refractivity contribution in [2.75, 3.05) is 6.61 Å². The molecule has 0 fully saturated rings. The molecule has 0 aliphatic heterocycles. The number of aromatic amines is 1. The zero-order valence-electron chi connectivity index (χ0n) is 11.8. The van der Waals surface area contributed by atoms with E-state index in [0.29, 0.717) is 5.82 Å². The maximum atomic E-state index is 12.1. The summed E-state index contributed by atoms with van der Waals surface area (Å²) in [7, 11) is 0. The number of esters is 1. The number of rotatable bonds is 3. The summed E-state index contributed by atoms with van der Waals surface area (Å²) in [6, 6.07) is 9.83. The van der Waals surface area contributed by atoms with Crippen molar-refractivity contribution in [1.82, 2.24) is 9.97 Å². The normalized spacial score (nSPS) is 10.8. The van der Waals surface area contributed by atoms with Gasteiger partial charge in [0.1, 0.15) is 22.9 Å². The van der Waals surface area contributed by atoms with Crippen molar-refractivity contribution in [2.24, 2.45) is 0 Å². The van der Waals surface area contributed by atoms with Crippen LogP contribution in [0.25, 0.3) is 22.4 Å². The first kappa shape index (κ1) is 13.9. The number of hydrogen-bond acceptors (Lipinski definition) is 5. The molecule has 2 aromatic carbocycles. The van der Waals surface area contributed by atoms with Gasteiger partial charge in [-0.1, -0.05) is 12.1 Å². The fraction of sp³-hybridized carbons (Fsp3) is 0.125. The summed E-state index contributed by atoms with van der Waals surface area (Å²) < 4.78 is 4.96. The standard InChI is InChI=1S/C16H14N2O4/c1-2-22-16(21)14-10(7-9(19)8-13(14)20)15-17-11-5-3-4-6-12(11)18-15/h3-8,19-20H,2H2,1H3,(H,17,18). The zero-order chi connectivity index (χ0) is 15.7. The maximum Gasteiger partial charge on any atom is 0.342 e. The van der Waals surface area contributed by atoms with Gasteiger partial charge in [-0.05, 0) is 25.1 Å². The van der Waals surface area contributed by atoms with Gasteiger partial charge in [-0.2, -0.15) is 0 Å². The second kappa shape index (κ2) is 5.40. The van der Waals surface area contributed by atoms with Crippen LogP contribution in [0.3, 0.4) is 0 Å². The van der Waals surface area contributed by atoms with Crippen LogP contribution < -0.4 is 0 Å². The lowest BCUT2D eigenvalue weighted by molar-refractivity contribution is 0.0524. The van der Waals surface area contributed by atoms with Crippen molar-refractivity contribution in [2.45, 2.75) is 6.92 Å². The summed E-state index contributed by atoms with van der Waals surface area (Å²) in [6.07, 6.45) is 0. The van der Waals surface area contributed by atoms with E-state index in [2.05, 4.69) is 9.97 Å². The number of carbonyl (C=O) groups excluding carboxylic acids is 1. The summed E-state index contributed by atoms with van der Waals surface area (Å²) in [5.41, 5.74) is 1.76. The van der Waals surface area contributed by atoms with Gasteiger partial charge in [0.05, 0.1) is 17.6 Å². The number of phenols is 2. The van der Waals surface area contributed by atoms with Crippen LogP contribution in [0.5, 0.6) is 11.5 Å². The highest BCUT2D eigenvalue weighted by atomic mass is 16.5. The van der Waals surface area contributed by atoms with E-state index >= 15 is 0 Å². The summed E-state index contributed by atoms with van der Waals surface area (Å²) in [4.78, 5) is 19.5. The van der Waals surface area contributed by atoms with Crippen molar-refractivity contribution in [3.05, 3.63) is 42.0 Å². The molecule has 0 radical (unpaired) electrons. The highest BCUT2D eigenvalue weighted by Gasteiger charge is 2.22. The molecule has 0 spiro atoms. The van der Waals surface area contributed by atoms with Crippen molar-refractivity contribution < 1.29 is 19.7 Å². The number of H-pyrrole nitrogens is 1.